The smallest absolute Gasteiger partial charge is 0.330 e. The Morgan fingerprint density at radius 1 is 1.25 bits per heavy atom. The standard InChI is InChI=1S/C21H33N5O6/c1-15-13-26(21(30)24-20(15)29)18-12-16(27)17(32-18)14-31-19(28)10-8-6-4-2-3-5-7-9-11-23-25-22/h13,16-18,27H,2-12,14H2,1H3,(H,24,29,30)/t16-,17+,18+/m0/s1. The van der Waals surface area contributed by atoms with Crippen molar-refractivity contribution in [3.63, 3.8) is 0 Å². The minimum Gasteiger partial charge on any atom is -0.463 e. The van der Waals surface area contributed by atoms with Gasteiger partial charge in [0, 0.05) is 36.1 Å². The molecule has 1 aliphatic rings. The number of ether oxygens (including phenoxy) is 2. The lowest BCUT2D eigenvalue weighted by atomic mass is 10.1. The lowest BCUT2D eigenvalue weighted by molar-refractivity contribution is -0.150. The Bertz CT molecular complexity index is 891. The van der Waals surface area contributed by atoms with E-state index in [9.17, 15) is 19.5 Å². The van der Waals surface area contributed by atoms with Crippen molar-refractivity contribution in [2.75, 3.05) is 13.2 Å². The Kier molecular flexibility index (Phi) is 11.0. The summed E-state index contributed by atoms with van der Waals surface area (Å²) in [6.45, 7) is 2.06. The molecule has 1 aromatic heterocycles. The maximum absolute atomic E-state index is 12.0. The number of aliphatic hydroxyl groups is 1. The van der Waals surface area contributed by atoms with Crippen molar-refractivity contribution < 1.29 is 19.4 Å². The van der Waals surface area contributed by atoms with E-state index in [0.717, 1.165) is 51.4 Å². The van der Waals surface area contributed by atoms with E-state index in [-0.39, 0.29) is 19.0 Å². The van der Waals surface area contributed by atoms with Crippen LogP contribution in [0.1, 0.15) is 76.0 Å². The number of unbranched alkanes of at least 4 members (excludes halogenated alkanes) is 7. The van der Waals surface area contributed by atoms with E-state index in [0.29, 0.717) is 18.5 Å². The fraction of sp³-hybridized carbons (Fsp3) is 0.762. The van der Waals surface area contributed by atoms with E-state index >= 15 is 0 Å². The summed E-state index contributed by atoms with van der Waals surface area (Å²) in [5, 5.41) is 13.7. The lowest BCUT2D eigenvalue weighted by Crippen LogP contribution is -2.33. The molecule has 11 nitrogen and oxygen atoms in total. The number of hydrogen-bond donors (Lipinski definition) is 2. The van der Waals surface area contributed by atoms with Gasteiger partial charge in [0.05, 0.1) is 6.10 Å². The number of aromatic amines is 1. The Morgan fingerprint density at radius 2 is 1.91 bits per heavy atom. The molecule has 0 radical (unpaired) electrons. The van der Waals surface area contributed by atoms with E-state index in [1.807, 2.05) is 0 Å². The first-order chi connectivity index (χ1) is 15.4. The number of carbonyl (C=O) groups excluding carboxylic acids is 1. The van der Waals surface area contributed by atoms with Crippen LogP contribution >= 0.6 is 0 Å². The molecule has 178 valence electrons. The van der Waals surface area contributed by atoms with Gasteiger partial charge in [-0.25, -0.2) is 4.79 Å². The second kappa shape index (κ2) is 13.7. The van der Waals surface area contributed by atoms with Gasteiger partial charge in [0.15, 0.2) is 0 Å². The molecule has 0 bridgehead atoms. The van der Waals surface area contributed by atoms with Crippen molar-refractivity contribution in [3.8, 4) is 0 Å². The van der Waals surface area contributed by atoms with E-state index in [2.05, 4.69) is 15.0 Å². The molecule has 0 saturated carbocycles. The zero-order chi connectivity index (χ0) is 23.3. The number of aromatic nitrogens is 2. The zero-order valence-electron chi connectivity index (χ0n) is 18.6. The van der Waals surface area contributed by atoms with Gasteiger partial charge < -0.3 is 14.6 Å². The highest BCUT2D eigenvalue weighted by Gasteiger charge is 2.36. The summed E-state index contributed by atoms with van der Waals surface area (Å²) in [4.78, 5) is 40.4. The molecule has 2 heterocycles. The monoisotopic (exact) mass is 451 g/mol. The summed E-state index contributed by atoms with van der Waals surface area (Å²) in [7, 11) is 0. The summed E-state index contributed by atoms with van der Waals surface area (Å²) in [6, 6.07) is 0. The van der Waals surface area contributed by atoms with Crippen molar-refractivity contribution in [1.29, 1.82) is 0 Å². The van der Waals surface area contributed by atoms with Crippen LogP contribution in [0, 0.1) is 6.92 Å². The zero-order valence-corrected chi connectivity index (χ0v) is 18.6. The number of nitrogens with zero attached hydrogens (tertiary/aromatic N) is 4. The normalized spacial score (nSPS) is 20.1. The number of H-pyrrole nitrogens is 1. The average molecular weight is 452 g/mol. The molecule has 2 N–H and O–H groups in total. The summed E-state index contributed by atoms with van der Waals surface area (Å²) < 4.78 is 12.2. The molecule has 0 spiro atoms. The van der Waals surface area contributed by atoms with E-state index in [4.69, 9.17) is 15.0 Å². The van der Waals surface area contributed by atoms with Gasteiger partial charge in [-0.3, -0.25) is 19.1 Å². The second-order valence-corrected chi connectivity index (χ2v) is 8.13. The maximum atomic E-state index is 12.0. The van der Waals surface area contributed by atoms with Crippen LogP contribution in [0.15, 0.2) is 20.9 Å². The van der Waals surface area contributed by atoms with Crippen LogP contribution in [0.5, 0.6) is 0 Å². The lowest BCUT2D eigenvalue weighted by Gasteiger charge is -2.16. The summed E-state index contributed by atoms with van der Waals surface area (Å²) >= 11 is 0. The van der Waals surface area contributed by atoms with Crippen molar-refractivity contribution in [1.82, 2.24) is 9.55 Å². The molecule has 11 heteroatoms. The second-order valence-electron chi connectivity index (χ2n) is 8.13. The van der Waals surface area contributed by atoms with Crippen LogP contribution < -0.4 is 11.2 Å². The summed E-state index contributed by atoms with van der Waals surface area (Å²) in [6.07, 6.45) is 7.69. The third-order valence-corrected chi connectivity index (χ3v) is 5.52. The Balaban J connectivity index is 1.58. The number of rotatable bonds is 14. The summed E-state index contributed by atoms with van der Waals surface area (Å²) in [5.74, 6) is -0.334. The highest BCUT2D eigenvalue weighted by molar-refractivity contribution is 5.69. The van der Waals surface area contributed by atoms with E-state index in [1.54, 1.807) is 6.92 Å². The molecule has 0 unspecified atom stereocenters. The Hall–Kier alpha value is -2.62. The number of aryl methyl sites for hydroxylation is 1. The number of azide groups is 1. The minimum absolute atomic E-state index is 0.0799. The number of carbonyl (C=O) groups is 1. The van der Waals surface area contributed by atoms with Gasteiger partial charge in [0.1, 0.15) is 18.9 Å². The predicted octanol–water partition coefficient (Wildman–Crippen LogP) is 2.86. The first-order valence-electron chi connectivity index (χ1n) is 11.2. The van der Waals surface area contributed by atoms with Gasteiger partial charge in [0.25, 0.3) is 5.56 Å². The van der Waals surface area contributed by atoms with Crippen molar-refractivity contribution >= 4 is 5.97 Å². The highest BCUT2D eigenvalue weighted by atomic mass is 16.6. The molecule has 1 aromatic rings. The van der Waals surface area contributed by atoms with Crippen LogP contribution in [0.4, 0.5) is 0 Å². The van der Waals surface area contributed by atoms with Crippen molar-refractivity contribution in [2.45, 2.75) is 89.6 Å². The topological polar surface area (TPSA) is 159 Å². The molecule has 0 aliphatic carbocycles. The number of esters is 1. The quantitative estimate of drug-likeness (QED) is 0.145. The predicted molar refractivity (Wildman–Crippen MR) is 117 cm³/mol. The van der Waals surface area contributed by atoms with Crippen LogP contribution in [0.25, 0.3) is 10.4 Å². The average Bonchev–Trinajstić information content (AvgIpc) is 3.13. The summed E-state index contributed by atoms with van der Waals surface area (Å²) in [5.41, 5.74) is 7.49. The number of aliphatic hydroxyl groups excluding tert-OH is 1. The van der Waals surface area contributed by atoms with Gasteiger partial charge in [0.2, 0.25) is 0 Å². The molecular formula is C21H33N5O6. The molecule has 2 rings (SSSR count). The molecule has 0 amide bonds. The fourth-order valence-electron chi connectivity index (χ4n) is 3.64. The molecule has 0 aromatic carbocycles. The van der Waals surface area contributed by atoms with Crippen LogP contribution in [0.3, 0.4) is 0 Å². The van der Waals surface area contributed by atoms with Gasteiger partial charge >= 0.3 is 11.7 Å². The van der Waals surface area contributed by atoms with E-state index < -0.39 is 29.7 Å². The van der Waals surface area contributed by atoms with Crippen LogP contribution in [0.2, 0.25) is 0 Å². The first kappa shape index (κ1) is 25.6. The fourth-order valence-corrected chi connectivity index (χ4v) is 3.64. The molecule has 1 saturated heterocycles. The van der Waals surface area contributed by atoms with Crippen molar-refractivity contribution in [2.24, 2.45) is 5.11 Å². The largest absolute Gasteiger partial charge is 0.463 e. The Morgan fingerprint density at radius 3 is 2.59 bits per heavy atom. The van der Waals surface area contributed by atoms with E-state index in [1.165, 1.54) is 10.8 Å². The third-order valence-electron chi connectivity index (χ3n) is 5.52. The van der Waals surface area contributed by atoms with Crippen LogP contribution in [-0.2, 0) is 14.3 Å². The molecule has 32 heavy (non-hydrogen) atoms. The Labute approximate surface area is 186 Å². The van der Waals surface area contributed by atoms with Crippen LogP contribution in [-0.4, -0.2) is 46.0 Å². The van der Waals surface area contributed by atoms with Gasteiger partial charge in [-0.15, -0.1) is 0 Å². The van der Waals surface area contributed by atoms with Gasteiger partial charge in [-0.2, -0.15) is 0 Å². The maximum Gasteiger partial charge on any atom is 0.330 e. The molecule has 3 atom stereocenters. The number of hydrogen-bond acceptors (Lipinski definition) is 7. The van der Waals surface area contributed by atoms with Gasteiger partial charge in [-0.1, -0.05) is 43.6 Å². The number of nitrogens with one attached hydrogen (secondary N) is 1. The van der Waals surface area contributed by atoms with Gasteiger partial charge in [-0.05, 0) is 25.3 Å². The molecule has 1 fully saturated rings. The first-order valence-corrected chi connectivity index (χ1v) is 11.2. The third kappa shape index (κ3) is 8.49. The highest BCUT2D eigenvalue weighted by Crippen LogP contribution is 2.28. The van der Waals surface area contributed by atoms with Crippen molar-refractivity contribution in [3.05, 3.63) is 43.0 Å². The minimum atomic E-state index is -0.876. The SMILES string of the molecule is Cc1cn([C@H]2C[C@H](O)[C@@H](COC(=O)CCCCCCCCCCN=[N+]=[N-])O2)c(=O)[nH]c1=O. The molecular weight excluding hydrogens is 418 g/mol. The molecule has 1 aliphatic heterocycles.